The third-order valence-electron chi connectivity index (χ3n) is 5.84. The Morgan fingerprint density at radius 2 is 1.10 bits per heavy atom. The summed E-state index contributed by atoms with van der Waals surface area (Å²) in [5, 5.41) is 0. The van der Waals surface area contributed by atoms with Gasteiger partial charge in [0.15, 0.2) is 0 Å². The van der Waals surface area contributed by atoms with Gasteiger partial charge in [-0.3, -0.25) is 4.55 Å². The molecule has 0 radical (unpaired) electrons. The molecule has 29 heavy (non-hydrogen) atoms. The van der Waals surface area contributed by atoms with Crippen molar-refractivity contribution in [3.05, 3.63) is 29.3 Å². The molecule has 0 saturated heterocycles. The Bertz CT molecular complexity index is 637. The highest BCUT2D eigenvalue weighted by Gasteiger charge is 2.17. The molecule has 4 heteroatoms. The third kappa shape index (κ3) is 11.8. The van der Waals surface area contributed by atoms with Gasteiger partial charge < -0.3 is 0 Å². The van der Waals surface area contributed by atoms with E-state index in [0.717, 1.165) is 43.2 Å². The number of aryl methyl sites for hydroxylation is 1. The lowest BCUT2D eigenvalue weighted by molar-refractivity contribution is 0.481. The molecule has 0 atom stereocenters. The van der Waals surface area contributed by atoms with Crippen molar-refractivity contribution in [2.75, 3.05) is 0 Å². The van der Waals surface area contributed by atoms with Crippen LogP contribution in [0.25, 0.3) is 0 Å². The van der Waals surface area contributed by atoms with Gasteiger partial charge in [0.2, 0.25) is 0 Å². The highest BCUT2D eigenvalue weighted by molar-refractivity contribution is 7.85. The monoisotopic (exact) mass is 424 g/mol. The van der Waals surface area contributed by atoms with E-state index in [9.17, 15) is 13.0 Å². The second-order valence-electron chi connectivity index (χ2n) is 8.47. The molecule has 3 nitrogen and oxygen atoms in total. The molecule has 0 heterocycles. The molecule has 0 aliphatic carbocycles. The Morgan fingerprint density at radius 1 is 0.655 bits per heavy atom. The SMILES string of the molecule is CCCCCCCCCCc1c(CCCCCCCCC)cccc1S(=O)(=O)O. The third-order valence-corrected chi connectivity index (χ3v) is 6.78. The van der Waals surface area contributed by atoms with Crippen LogP contribution in [0.3, 0.4) is 0 Å². The molecule has 1 aromatic carbocycles. The lowest BCUT2D eigenvalue weighted by atomic mass is 9.96. The van der Waals surface area contributed by atoms with E-state index >= 15 is 0 Å². The fourth-order valence-corrected chi connectivity index (χ4v) is 4.87. The van der Waals surface area contributed by atoms with Gasteiger partial charge in [-0.25, -0.2) is 0 Å². The molecule has 0 unspecified atom stereocenters. The van der Waals surface area contributed by atoms with Crippen molar-refractivity contribution < 1.29 is 13.0 Å². The molecular weight excluding hydrogens is 380 g/mol. The average Bonchev–Trinajstić information content (AvgIpc) is 2.69. The Morgan fingerprint density at radius 3 is 1.59 bits per heavy atom. The minimum atomic E-state index is -4.16. The largest absolute Gasteiger partial charge is 0.294 e. The van der Waals surface area contributed by atoms with E-state index in [1.165, 1.54) is 77.0 Å². The summed E-state index contributed by atoms with van der Waals surface area (Å²) in [4.78, 5) is 0.126. The fourth-order valence-electron chi connectivity index (χ4n) is 4.08. The molecule has 1 N–H and O–H groups in total. The summed E-state index contributed by atoms with van der Waals surface area (Å²) < 4.78 is 33.4. The highest BCUT2D eigenvalue weighted by Crippen LogP contribution is 2.24. The van der Waals surface area contributed by atoms with E-state index in [0.29, 0.717) is 0 Å². The number of rotatable bonds is 18. The van der Waals surface area contributed by atoms with Gasteiger partial charge in [-0.05, 0) is 42.9 Å². The van der Waals surface area contributed by atoms with E-state index in [1.807, 2.05) is 6.07 Å². The van der Waals surface area contributed by atoms with Crippen LogP contribution in [0.2, 0.25) is 0 Å². The smallest absolute Gasteiger partial charge is 0.282 e. The Labute approximate surface area is 180 Å². The summed E-state index contributed by atoms with van der Waals surface area (Å²) in [5.74, 6) is 0. The van der Waals surface area contributed by atoms with Gasteiger partial charge in [-0.15, -0.1) is 0 Å². The Hall–Kier alpha value is -0.870. The molecule has 0 saturated carbocycles. The molecule has 168 valence electrons. The van der Waals surface area contributed by atoms with Crippen LogP contribution < -0.4 is 0 Å². The summed E-state index contributed by atoms with van der Waals surface area (Å²) >= 11 is 0. The molecule has 0 bridgehead atoms. The second-order valence-corrected chi connectivity index (χ2v) is 9.86. The number of unbranched alkanes of at least 4 members (excludes halogenated alkanes) is 13. The van der Waals surface area contributed by atoms with Crippen LogP contribution in [0.1, 0.15) is 121 Å². The van der Waals surface area contributed by atoms with Gasteiger partial charge in [0.05, 0.1) is 4.90 Å². The zero-order valence-corrected chi connectivity index (χ0v) is 19.7. The Balaban J connectivity index is 2.54. The zero-order chi connectivity index (χ0) is 21.4. The van der Waals surface area contributed by atoms with Crippen molar-refractivity contribution in [1.82, 2.24) is 0 Å². The maximum atomic E-state index is 11.9. The summed E-state index contributed by atoms with van der Waals surface area (Å²) in [6.07, 6.45) is 20.2. The van der Waals surface area contributed by atoms with Crippen LogP contribution in [0.15, 0.2) is 23.1 Å². The molecule has 0 fully saturated rings. The van der Waals surface area contributed by atoms with Crippen LogP contribution in [0, 0.1) is 0 Å². The first kappa shape index (κ1) is 26.2. The predicted octanol–water partition coefficient (Wildman–Crippen LogP) is 7.91. The lowest BCUT2D eigenvalue weighted by Gasteiger charge is -2.13. The number of benzene rings is 1. The first-order valence-corrected chi connectivity index (χ1v) is 13.5. The van der Waals surface area contributed by atoms with Crippen LogP contribution in [0.4, 0.5) is 0 Å². The lowest BCUT2D eigenvalue weighted by Crippen LogP contribution is -2.07. The first-order valence-electron chi connectivity index (χ1n) is 12.1. The number of hydrogen-bond donors (Lipinski definition) is 1. The molecule has 1 aromatic rings. The first-order chi connectivity index (χ1) is 14.0. The van der Waals surface area contributed by atoms with Gasteiger partial charge in [-0.1, -0.05) is 109 Å². The molecular formula is C25H44O3S. The summed E-state index contributed by atoms with van der Waals surface area (Å²) in [6, 6.07) is 5.38. The molecule has 0 aliphatic heterocycles. The van der Waals surface area contributed by atoms with Crippen molar-refractivity contribution in [2.45, 2.75) is 128 Å². The Kier molecular flexibility index (Phi) is 14.3. The van der Waals surface area contributed by atoms with Crippen LogP contribution in [-0.4, -0.2) is 13.0 Å². The molecule has 0 spiro atoms. The van der Waals surface area contributed by atoms with Gasteiger partial charge in [0.25, 0.3) is 10.1 Å². The fraction of sp³-hybridized carbons (Fsp3) is 0.760. The second kappa shape index (κ2) is 15.9. The minimum Gasteiger partial charge on any atom is -0.282 e. The van der Waals surface area contributed by atoms with Crippen LogP contribution in [0.5, 0.6) is 0 Å². The summed E-state index contributed by atoms with van der Waals surface area (Å²) in [7, 11) is -4.16. The zero-order valence-electron chi connectivity index (χ0n) is 18.9. The average molecular weight is 425 g/mol. The van der Waals surface area contributed by atoms with Gasteiger partial charge in [0, 0.05) is 0 Å². The molecule has 1 rings (SSSR count). The molecule has 0 aromatic heterocycles. The van der Waals surface area contributed by atoms with Crippen LogP contribution in [-0.2, 0) is 23.0 Å². The maximum Gasteiger partial charge on any atom is 0.294 e. The van der Waals surface area contributed by atoms with Crippen molar-refractivity contribution in [3.63, 3.8) is 0 Å². The van der Waals surface area contributed by atoms with E-state index in [2.05, 4.69) is 13.8 Å². The van der Waals surface area contributed by atoms with Crippen molar-refractivity contribution in [2.24, 2.45) is 0 Å². The minimum absolute atomic E-state index is 0.126. The van der Waals surface area contributed by atoms with Crippen LogP contribution >= 0.6 is 0 Å². The van der Waals surface area contributed by atoms with Crippen molar-refractivity contribution >= 4 is 10.1 Å². The van der Waals surface area contributed by atoms with E-state index in [1.54, 1.807) is 12.1 Å². The van der Waals surface area contributed by atoms with E-state index in [-0.39, 0.29) is 4.90 Å². The van der Waals surface area contributed by atoms with E-state index in [4.69, 9.17) is 0 Å². The molecule has 0 amide bonds. The standard InChI is InChI=1S/C25H44O3S/c1-3-5-7-9-11-13-15-17-21-24-23(19-16-14-12-10-8-6-4-2)20-18-22-25(24)29(26,27)28/h18,20,22H,3-17,19,21H2,1-2H3,(H,26,27,28). The summed E-state index contributed by atoms with van der Waals surface area (Å²) in [5.41, 5.74) is 1.96. The van der Waals surface area contributed by atoms with Gasteiger partial charge in [0.1, 0.15) is 0 Å². The normalized spacial score (nSPS) is 11.8. The van der Waals surface area contributed by atoms with E-state index < -0.39 is 10.1 Å². The topological polar surface area (TPSA) is 54.4 Å². The predicted molar refractivity (Wildman–Crippen MR) is 124 cm³/mol. The van der Waals surface area contributed by atoms with Crippen molar-refractivity contribution in [1.29, 1.82) is 0 Å². The highest BCUT2D eigenvalue weighted by atomic mass is 32.2. The van der Waals surface area contributed by atoms with Crippen molar-refractivity contribution in [3.8, 4) is 0 Å². The quantitative estimate of drug-likeness (QED) is 0.192. The maximum absolute atomic E-state index is 11.9. The number of hydrogen-bond acceptors (Lipinski definition) is 2. The van der Waals surface area contributed by atoms with Gasteiger partial charge >= 0.3 is 0 Å². The van der Waals surface area contributed by atoms with Gasteiger partial charge in [-0.2, -0.15) is 8.42 Å². The summed E-state index contributed by atoms with van der Waals surface area (Å²) in [6.45, 7) is 4.47. The molecule has 0 aliphatic rings.